The van der Waals surface area contributed by atoms with Gasteiger partial charge in [0.25, 0.3) is 10.0 Å². The smallest absolute Gasteiger partial charge is 0.335 e. The van der Waals surface area contributed by atoms with E-state index in [0.717, 1.165) is 35.5 Å². The molecule has 5 rings (SSSR count). The average Bonchev–Trinajstić information content (AvgIpc) is 3.68. The maximum atomic E-state index is 13.9. The minimum atomic E-state index is -4.01. The lowest BCUT2D eigenvalue weighted by Crippen LogP contribution is -2.32. The van der Waals surface area contributed by atoms with E-state index in [1.807, 2.05) is 37.4 Å². The van der Waals surface area contributed by atoms with E-state index < -0.39 is 16.0 Å². The second-order valence-corrected chi connectivity index (χ2v) is 11.3. The SMILES string of the molecule is CC1=C(N(Cc2ccc(CC3CC3)cc2)S(=O)(=O)c2ccc(C(=O)O)cc2)N=CC2CC=CC=C12. The minimum absolute atomic E-state index is 0.0306. The first-order valence-corrected chi connectivity index (χ1v) is 13.3. The van der Waals surface area contributed by atoms with E-state index in [2.05, 4.69) is 23.2 Å². The number of benzene rings is 2. The van der Waals surface area contributed by atoms with Crippen LogP contribution in [0, 0.1) is 11.8 Å². The van der Waals surface area contributed by atoms with E-state index in [1.54, 1.807) is 0 Å². The van der Waals surface area contributed by atoms with Crippen LogP contribution >= 0.6 is 0 Å². The molecule has 0 bridgehead atoms. The van der Waals surface area contributed by atoms with Crippen LogP contribution in [0.2, 0.25) is 0 Å². The van der Waals surface area contributed by atoms with Gasteiger partial charge in [0, 0.05) is 12.1 Å². The third kappa shape index (κ3) is 4.86. The molecular formula is C28H28N2O4S. The van der Waals surface area contributed by atoms with Gasteiger partial charge < -0.3 is 5.11 Å². The van der Waals surface area contributed by atoms with Gasteiger partial charge in [0.15, 0.2) is 0 Å². The summed E-state index contributed by atoms with van der Waals surface area (Å²) >= 11 is 0. The van der Waals surface area contributed by atoms with Crippen molar-refractivity contribution in [2.45, 2.75) is 44.0 Å². The Bertz CT molecular complexity index is 1360. The van der Waals surface area contributed by atoms with E-state index in [1.165, 1.54) is 47.0 Å². The largest absolute Gasteiger partial charge is 0.478 e. The van der Waals surface area contributed by atoms with Crippen molar-refractivity contribution in [2.24, 2.45) is 16.8 Å². The first kappa shape index (κ1) is 23.3. The Morgan fingerprint density at radius 2 is 1.74 bits per heavy atom. The standard InChI is InChI=1S/C28H28N2O4S/c1-19-26-5-3-2-4-24(26)17-29-27(19)30(18-22-10-8-21(9-11-22)16-20-6-7-20)35(33,34)25-14-12-23(13-15-25)28(31)32/h2-3,5,8-15,17,20,24H,4,6-7,16,18H2,1H3,(H,31,32). The molecule has 0 amide bonds. The highest BCUT2D eigenvalue weighted by molar-refractivity contribution is 7.89. The second kappa shape index (κ2) is 9.30. The Morgan fingerprint density at radius 1 is 1.06 bits per heavy atom. The summed E-state index contributed by atoms with van der Waals surface area (Å²) in [6, 6.07) is 13.5. The molecule has 1 N–H and O–H groups in total. The molecule has 0 radical (unpaired) electrons. The third-order valence-corrected chi connectivity index (χ3v) is 8.59. The zero-order chi connectivity index (χ0) is 24.6. The number of rotatable bonds is 8. The maximum absolute atomic E-state index is 13.9. The minimum Gasteiger partial charge on any atom is -0.478 e. The van der Waals surface area contributed by atoms with E-state index in [-0.39, 0.29) is 22.9 Å². The second-order valence-electron chi connectivity index (χ2n) is 9.42. The fraction of sp³-hybridized carbons (Fsp3) is 0.286. The summed E-state index contributed by atoms with van der Waals surface area (Å²) in [7, 11) is -4.01. The lowest BCUT2D eigenvalue weighted by atomic mass is 9.86. The molecule has 1 saturated carbocycles. The van der Waals surface area contributed by atoms with Crippen LogP contribution in [0.25, 0.3) is 0 Å². The van der Waals surface area contributed by atoms with Crippen molar-refractivity contribution in [3.05, 3.63) is 100 Å². The number of carboxylic acids is 1. The van der Waals surface area contributed by atoms with Gasteiger partial charge in [-0.05, 0) is 85.1 Å². The van der Waals surface area contributed by atoms with E-state index in [0.29, 0.717) is 5.82 Å². The molecule has 1 aliphatic heterocycles. The van der Waals surface area contributed by atoms with Crippen molar-refractivity contribution in [2.75, 3.05) is 0 Å². The molecule has 6 nitrogen and oxygen atoms in total. The first-order valence-electron chi connectivity index (χ1n) is 11.9. The van der Waals surface area contributed by atoms with Gasteiger partial charge >= 0.3 is 5.97 Å². The zero-order valence-corrected chi connectivity index (χ0v) is 20.4. The lowest BCUT2D eigenvalue weighted by Gasteiger charge is -2.31. The van der Waals surface area contributed by atoms with Crippen LogP contribution in [0.1, 0.15) is 47.7 Å². The van der Waals surface area contributed by atoms with E-state index >= 15 is 0 Å². The number of allylic oxidation sites excluding steroid dienone is 5. The van der Waals surface area contributed by atoms with Crippen molar-refractivity contribution in [1.82, 2.24) is 4.31 Å². The molecule has 0 aromatic heterocycles. The molecule has 7 heteroatoms. The quantitative estimate of drug-likeness (QED) is 0.543. The fourth-order valence-electron chi connectivity index (χ4n) is 4.60. The molecule has 0 saturated heterocycles. The topological polar surface area (TPSA) is 87.0 Å². The molecule has 3 aliphatic rings. The van der Waals surface area contributed by atoms with E-state index in [4.69, 9.17) is 0 Å². The molecule has 180 valence electrons. The predicted molar refractivity (Wildman–Crippen MR) is 136 cm³/mol. The Balaban J connectivity index is 1.53. The molecule has 2 aliphatic carbocycles. The summed E-state index contributed by atoms with van der Waals surface area (Å²) in [6.45, 7) is 2.04. The molecule has 1 fully saturated rings. The molecule has 1 heterocycles. The number of aliphatic imine (C=N–C) groups is 1. The number of carboxylic acid groups (broad SMARTS) is 1. The molecule has 1 unspecified atom stereocenters. The van der Waals surface area contributed by atoms with Crippen LogP contribution in [0.15, 0.2) is 93.6 Å². The number of carbonyl (C=O) groups is 1. The van der Waals surface area contributed by atoms with Crippen molar-refractivity contribution in [3.63, 3.8) is 0 Å². The number of sulfonamides is 1. The van der Waals surface area contributed by atoms with Gasteiger partial charge in [0.05, 0.1) is 17.0 Å². The highest BCUT2D eigenvalue weighted by atomic mass is 32.2. The third-order valence-electron chi connectivity index (χ3n) is 6.84. The highest BCUT2D eigenvalue weighted by Crippen LogP contribution is 2.36. The molecule has 2 aromatic rings. The predicted octanol–water partition coefficient (Wildman–Crippen LogP) is 5.35. The van der Waals surface area contributed by atoms with Gasteiger partial charge in [-0.2, -0.15) is 0 Å². The van der Waals surface area contributed by atoms with E-state index in [9.17, 15) is 18.3 Å². The Hall–Kier alpha value is -3.45. The summed E-state index contributed by atoms with van der Waals surface area (Å²) in [5, 5.41) is 9.21. The summed E-state index contributed by atoms with van der Waals surface area (Å²) in [6.07, 6.45) is 12.4. The van der Waals surface area contributed by atoms with Crippen molar-refractivity contribution >= 4 is 22.2 Å². The normalized spacial score (nSPS) is 19.3. The van der Waals surface area contributed by atoms with Crippen LogP contribution in [0.5, 0.6) is 0 Å². The van der Waals surface area contributed by atoms with Gasteiger partial charge in [0.2, 0.25) is 0 Å². The number of hydrogen-bond donors (Lipinski definition) is 1. The van der Waals surface area contributed by atoms with Crippen molar-refractivity contribution in [3.8, 4) is 0 Å². The molecule has 1 atom stereocenters. The van der Waals surface area contributed by atoms with Crippen LogP contribution in [0.4, 0.5) is 0 Å². The first-order chi connectivity index (χ1) is 16.8. The van der Waals surface area contributed by atoms with Crippen LogP contribution in [0.3, 0.4) is 0 Å². The fourth-order valence-corrected chi connectivity index (χ4v) is 6.07. The summed E-state index contributed by atoms with van der Waals surface area (Å²) < 4.78 is 29.1. The lowest BCUT2D eigenvalue weighted by molar-refractivity contribution is 0.0696. The van der Waals surface area contributed by atoms with Crippen LogP contribution < -0.4 is 0 Å². The maximum Gasteiger partial charge on any atom is 0.335 e. The summed E-state index contributed by atoms with van der Waals surface area (Å²) in [5.41, 5.74) is 4.07. The van der Waals surface area contributed by atoms with Crippen molar-refractivity contribution in [1.29, 1.82) is 0 Å². The zero-order valence-electron chi connectivity index (χ0n) is 19.6. The number of nitrogens with zero attached hydrogens (tertiary/aromatic N) is 2. The van der Waals surface area contributed by atoms with Crippen LogP contribution in [-0.2, 0) is 23.0 Å². The Kier molecular flexibility index (Phi) is 6.19. The Labute approximate surface area is 206 Å². The van der Waals surface area contributed by atoms with Gasteiger partial charge in [-0.1, -0.05) is 42.5 Å². The molecular weight excluding hydrogens is 460 g/mol. The Morgan fingerprint density at radius 3 is 2.40 bits per heavy atom. The molecule has 35 heavy (non-hydrogen) atoms. The van der Waals surface area contributed by atoms with Gasteiger partial charge in [-0.25, -0.2) is 22.5 Å². The van der Waals surface area contributed by atoms with Gasteiger partial charge in [-0.15, -0.1) is 0 Å². The monoisotopic (exact) mass is 488 g/mol. The highest BCUT2D eigenvalue weighted by Gasteiger charge is 2.32. The van der Waals surface area contributed by atoms with Gasteiger partial charge in [0.1, 0.15) is 5.82 Å². The summed E-state index contributed by atoms with van der Waals surface area (Å²) in [4.78, 5) is 15.9. The number of hydrogen-bond acceptors (Lipinski definition) is 4. The summed E-state index contributed by atoms with van der Waals surface area (Å²) in [5.74, 6) is 0.217. The van der Waals surface area contributed by atoms with Gasteiger partial charge in [-0.3, -0.25) is 0 Å². The number of fused-ring (bicyclic) bond motifs is 1. The average molecular weight is 489 g/mol. The molecule has 0 spiro atoms. The van der Waals surface area contributed by atoms with Crippen LogP contribution in [-0.4, -0.2) is 30.0 Å². The molecule has 2 aromatic carbocycles. The number of aromatic carboxylic acids is 1. The van der Waals surface area contributed by atoms with Crippen molar-refractivity contribution < 1.29 is 18.3 Å².